The minimum absolute atomic E-state index is 0.00297. The van der Waals surface area contributed by atoms with Gasteiger partial charge in [0.1, 0.15) is 0 Å². The van der Waals surface area contributed by atoms with E-state index in [4.69, 9.17) is 0 Å². The summed E-state index contributed by atoms with van der Waals surface area (Å²) in [6.45, 7) is 5.41. The molecule has 0 radical (unpaired) electrons. The van der Waals surface area contributed by atoms with Gasteiger partial charge in [-0.1, -0.05) is 6.92 Å². The number of azo groups is 1. The second-order valence-corrected chi connectivity index (χ2v) is 5.41. The van der Waals surface area contributed by atoms with Gasteiger partial charge in [0.15, 0.2) is 0 Å². The smallest absolute Gasteiger partial charge is 0.269 e. The number of carbonyl (C=O) groups excluding carboxylic acids is 1. The number of nitro benzene ring substituents is 1. The summed E-state index contributed by atoms with van der Waals surface area (Å²) in [5.41, 5.74) is 1.75. The van der Waals surface area contributed by atoms with Crippen LogP contribution in [0.5, 0.6) is 0 Å². The molecule has 0 aliphatic rings. The van der Waals surface area contributed by atoms with E-state index >= 15 is 0 Å². The zero-order valence-corrected chi connectivity index (χ0v) is 14.3. The average Bonchev–Trinajstić information content (AvgIpc) is 2.64. The number of benzene rings is 2. The van der Waals surface area contributed by atoms with Crippen LogP contribution in [-0.4, -0.2) is 28.8 Å². The molecule has 0 aromatic heterocycles. The highest BCUT2D eigenvalue weighted by molar-refractivity contribution is 5.94. The van der Waals surface area contributed by atoms with Crippen LogP contribution in [-0.2, 0) is 0 Å². The first-order valence-electron chi connectivity index (χ1n) is 8.10. The van der Waals surface area contributed by atoms with Crippen LogP contribution >= 0.6 is 0 Å². The van der Waals surface area contributed by atoms with Crippen molar-refractivity contribution in [3.63, 3.8) is 0 Å². The number of carbonyl (C=O) groups is 1. The number of non-ortho nitro benzene ring substituents is 1. The number of nitro groups is 1. The minimum Gasteiger partial charge on any atom is -0.339 e. The van der Waals surface area contributed by atoms with E-state index in [1.807, 2.05) is 13.8 Å². The fraction of sp³-hybridized carbons (Fsp3) is 0.278. The van der Waals surface area contributed by atoms with Crippen LogP contribution in [0.25, 0.3) is 0 Å². The molecular weight excluding hydrogens is 320 g/mol. The van der Waals surface area contributed by atoms with Gasteiger partial charge in [-0.3, -0.25) is 14.9 Å². The van der Waals surface area contributed by atoms with Crippen molar-refractivity contribution >= 4 is 23.0 Å². The summed E-state index contributed by atoms with van der Waals surface area (Å²) in [6.07, 6.45) is 0.918. The van der Waals surface area contributed by atoms with Gasteiger partial charge in [0, 0.05) is 30.8 Å². The fourth-order valence-corrected chi connectivity index (χ4v) is 2.28. The summed E-state index contributed by atoms with van der Waals surface area (Å²) in [7, 11) is 0. The van der Waals surface area contributed by atoms with Crippen molar-refractivity contribution in [2.75, 3.05) is 13.1 Å². The van der Waals surface area contributed by atoms with Gasteiger partial charge in [-0.05, 0) is 49.7 Å². The first-order valence-corrected chi connectivity index (χ1v) is 8.10. The number of nitrogens with zero attached hydrogens (tertiary/aromatic N) is 4. The van der Waals surface area contributed by atoms with Gasteiger partial charge in [-0.15, -0.1) is 0 Å². The molecule has 0 aliphatic heterocycles. The molecule has 0 N–H and O–H groups in total. The zero-order chi connectivity index (χ0) is 18.2. The van der Waals surface area contributed by atoms with E-state index in [0.29, 0.717) is 23.5 Å². The monoisotopic (exact) mass is 340 g/mol. The summed E-state index contributed by atoms with van der Waals surface area (Å²) in [5.74, 6) is 0.00297. The van der Waals surface area contributed by atoms with E-state index in [1.165, 1.54) is 24.3 Å². The summed E-state index contributed by atoms with van der Waals surface area (Å²) in [4.78, 5) is 24.3. The summed E-state index contributed by atoms with van der Waals surface area (Å²) in [6, 6.07) is 12.7. The third-order valence-electron chi connectivity index (χ3n) is 3.62. The quantitative estimate of drug-likeness (QED) is 0.408. The molecule has 7 heteroatoms. The van der Waals surface area contributed by atoms with Crippen LogP contribution in [0.4, 0.5) is 17.1 Å². The first kappa shape index (κ1) is 18.3. The highest BCUT2D eigenvalue weighted by Crippen LogP contribution is 2.21. The van der Waals surface area contributed by atoms with E-state index < -0.39 is 4.92 Å². The molecule has 0 saturated heterocycles. The molecular formula is C18H20N4O3. The molecule has 130 valence electrons. The maximum absolute atomic E-state index is 12.4. The lowest BCUT2D eigenvalue weighted by molar-refractivity contribution is -0.384. The third-order valence-corrected chi connectivity index (χ3v) is 3.62. The van der Waals surface area contributed by atoms with Crippen LogP contribution in [0.15, 0.2) is 58.8 Å². The maximum atomic E-state index is 12.4. The summed E-state index contributed by atoms with van der Waals surface area (Å²) < 4.78 is 0. The van der Waals surface area contributed by atoms with Gasteiger partial charge in [0.2, 0.25) is 0 Å². The van der Waals surface area contributed by atoms with Crippen LogP contribution in [0.2, 0.25) is 0 Å². The van der Waals surface area contributed by atoms with Crippen LogP contribution < -0.4 is 0 Å². The Morgan fingerprint density at radius 1 is 1.00 bits per heavy atom. The predicted octanol–water partition coefficient (Wildman–Crippen LogP) is 4.88. The van der Waals surface area contributed by atoms with Crippen LogP contribution in [0, 0.1) is 10.1 Å². The lowest BCUT2D eigenvalue weighted by Gasteiger charge is -2.19. The molecule has 2 aromatic rings. The van der Waals surface area contributed by atoms with Crippen molar-refractivity contribution in [2.45, 2.75) is 20.3 Å². The van der Waals surface area contributed by atoms with E-state index in [0.717, 1.165) is 13.0 Å². The van der Waals surface area contributed by atoms with Crippen molar-refractivity contribution in [2.24, 2.45) is 10.2 Å². The SMILES string of the molecule is CCCN(CC)C(=O)c1ccc(N=Nc2ccc([N+](=O)[O-])cc2)cc1. The Bertz CT molecular complexity index is 755. The third kappa shape index (κ3) is 4.94. The molecule has 0 bridgehead atoms. The summed E-state index contributed by atoms with van der Waals surface area (Å²) in [5, 5.41) is 18.7. The second kappa shape index (κ2) is 8.68. The number of hydrogen-bond donors (Lipinski definition) is 0. The molecule has 0 atom stereocenters. The highest BCUT2D eigenvalue weighted by atomic mass is 16.6. The predicted molar refractivity (Wildman–Crippen MR) is 95.6 cm³/mol. The fourth-order valence-electron chi connectivity index (χ4n) is 2.28. The van der Waals surface area contributed by atoms with Gasteiger partial charge in [-0.25, -0.2) is 0 Å². The molecule has 2 aromatic carbocycles. The van der Waals surface area contributed by atoms with Gasteiger partial charge >= 0.3 is 0 Å². The summed E-state index contributed by atoms with van der Waals surface area (Å²) >= 11 is 0. The molecule has 25 heavy (non-hydrogen) atoms. The molecule has 0 fully saturated rings. The second-order valence-electron chi connectivity index (χ2n) is 5.41. The Hall–Kier alpha value is -3.09. The molecule has 0 heterocycles. The average molecular weight is 340 g/mol. The number of rotatable bonds is 7. The largest absolute Gasteiger partial charge is 0.339 e. The van der Waals surface area contributed by atoms with Crippen molar-refractivity contribution in [3.05, 3.63) is 64.2 Å². The number of amides is 1. The Labute approximate surface area is 146 Å². The Morgan fingerprint density at radius 2 is 1.52 bits per heavy atom. The maximum Gasteiger partial charge on any atom is 0.269 e. The molecule has 0 unspecified atom stereocenters. The highest BCUT2D eigenvalue weighted by Gasteiger charge is 2.12. The van der Waals surface area contributed by atoms with E-state index in [1.54, 1.807) is 29.2 Å². The normalized spacial score (nSPS) is 10.8. The van der Waals surface area contributed by atoms with Gasteiger partial charge in [-0.2, -0.15) is 10.2 Å². The molecule has 2 rings (SSSR count). The van der Waals surface area contributed by atoms with Crippen molar-refractivity contribution in [1.82, 2.24) is 4.90 Å². The zero-order valence-electron chi connectivity index (χ0n) is 14.3. The van der Waals surface area contributed by atoms with E-state index in [2.05, 4.69) is 10.2 Å². The van der Waals surface area contributed by atoms with Crippen LogP contribution in [0.1, 0.15) is 30.6 Å². The van der Waals surface area contributed by atoms with Crippen molar-refractivity contribution in [1.29, 1.82) is 0 Å². The molecule has 0 saturated carbocycles. The standard InChI is InChI=1S/C18H20N4O3/c1-3-13-21(4-2)18(23)14-5-7-15(8-6-14)19-20-16-9-11-17(12-10-16)22(24)25/h5-12H,3-4,13H2,1-2H3. The van der Waals surface area contributed by atoms with Crippen molar-refractivity contribution in [3.8, 4) is 0 Å². The van der Waals surface area contributed by atoms with Gasteiger partial charge in [0.05, 0.1) is 16.3 Å². The topological polar surface area (TPSA) is 88.2 Å². The lowest BCUT2D eigenvalue weighted by Crippen LogP contribution is -2.31. The van der Waals surface area contributed by atoms with Crippen LogP contribution in [0.3, 0.4) is 0 Å². The van der Waals surface area contributed by atoms with Gasteiger partial charge < -0.3 is 4.90 Å². The van der Waals surface area contributed by atoms with Crippen molar-refractivity contribution < 1.29 is 9.72 Å². The van der Waals surface area contributed by atoms with E-state index in [-0.39, 0.29) is 11.6 Å². The minimum atomic E-state index is -0.464. The molecule has 7 nitrogen and oxygen atoms in total. The molecule has 0 spiro atoms. The Morgan fingerprint density at radius 3 is 1.96 bits per heavy atom. The van der Waals surface area contributed by atoms with Gasteiger partial charge in [0.25, 0.3) is 11.6 Å². The first-order chi connectivity index (χ1) is 12.0. The molecule has 0 aliphatic carbocycles. The molecule has 1 amide bonds. The number of hydrogen-bond acceptors (Lipinski definition) is 5. The lowest BCUT2D eigenvalue weighted by atomic mass is 10.2. The Kier molecular flexibility index (Phi) is 6.33. The van der Waals surface area contributed by atoms with E-state index in [9.17, 15) is 14.9 Å². The Balaban J connectivity index is 2.06.